The lowest BCUT2D eigenvalue weighted by Crippen LogP contribution is -2.01. The van der Waals surface area contributed by atoms with Crippen LogP contribution < -0.4 is 9.47 Å². The number of aldehydes is 1. The Kier molecular flexibility index (Phi) is 5.36. The van der Waals surface area contributed by atoms with Crippen LogP contribution in [0.15, 0.2) is 18.2 Å². The van der Waals surface area contributed by atoms with Gasteiger partial charge in [-0.15, -0.1) is 0 Å². The number of hydrogen-bond donors (Lipinski definition) is 0. The molecule has 0 saturated carbocycles. The zero-order valence-corrected chi connectivity index (χ0v) is 9.56. The third kappa shape index (κ3) is 3.55. The minimum atomic E-state index is 0.185. The summed E-state index contributed by atoms with van der Waals surface area (Å²) in [6.07, 6.45) is 2.13. The summed E-state index contributed by atoms with van der Waals surface area (Å²) >= 11 is 0. The molecule has 0 bridgehead atoms. The third-order valence-corrected chi connectivity index (χ3v) is 2.11. The van der Waals surface area contributed by atoms with E-state index in [0.29, 0.717) is 24.3 Å². The molecule has 0 aromatic heterocycles. The largest absolute Gasteiger partial charge is 0.493 e. The molecule has 0 spiro atoms. The van der Waals surface area contributed by atoms with E-state index >= 15 is 0 Å². The second-order valence-corrected chi connectivity index (χ2v) is 3.24. The summed E-state index contributed by atoms with van der Waals surface area (Å²) in [5.74, 6) is 1.29. The molecule has 0 amide bonds. The van der Waals surface area contributed by atoms with E-state index in [4.69, 9.17) is 14.2 Å². The van der Waals surface area contributed by atoms with Crippen LogP contribution >= 0.6 is 0 Å². The van der Waals surface area contributed by atoms with Crippen LogP contribution in [0, 0.1) is 0 Å². The van der Waals surface area contributed by atoms with Crippen LogP contribution in [0.1, 0.15) is 12.0 Å². The molecule has 0 saturated heterocycles. The molecule has 1 rings (SSSR count). The van der Waals surface area contributed by atoms with E-state index in [0.717, 1.165) is 11.8 Å². The molecule has 88 valence electrons. The monoisotopic (exact) mass is 224 g/mol. The fraction of sp³-hybridized carbons (Fsp3) is 0.417. The Bertz CT molecular complexity index is 336. The van der Waals surface area contributed by atoms with Crippen molar-refractivity contribution in [3.63, 3.8) is 0 Å². The SMILES string of the molecule is COCOc1ccc(CCC=O)cc1OC. The number of carbonyl (C=O) groups is 1. The van der Waals surface area contributed by atoms with Gasteiger partial charge in [0.05, 0.1) is 7.11 Å². The van der Waals surface area contributed by atoms with Crippen molar-refractivity contribution in [1.29, 1.82) is 0 Å². The van der Waals surface area contributed by atoms with Crippen molar-refractivity contribution in [2.75, 3.05) is 21.0 Å². The van der Waals surface area contributed by atoms with Crippen molar-refractivity contribution in [3.8, 4) is 11.5 Å². The third-order valence-electron chi connectivity index (χ3n) is 2.11. The topological polar surface area (TPSA) is 44.8 Å². The summed E-state index contributed by atoms with van der Waals surface area (Å²) in [6, 6.07) is 5.60. The molecular formula is C12H16O4. The standard InChI is InChI=1S/C12H16O4/c1-14-9-16-11-6-5-10(4-3-7-13)8-12(11)15-2/h5-8H,3-4,9H2,1-2H3. The molecule has 0 heterocycles. The molecule has 0 aliphatic carbocycles. The number of aryl methyl sites for hydroxylation is 1. The summed E-state index contributed by atoms with van der Waals surface area (Å²) in [5, 5.41) is 0. The maximum atomic E-state index is 10.3. The lowest BCUT2D eigenvalue weighted by molar-refractivity contribution is -0.107. The highest BCUT2D eigenvalue weighted by Gasteiger charge is 2.05. The van der Waals surface area contributed by atoms with Gasteiger partial charge in [0.2, 0.25) is 0 Å². The maximum absolute atomic E-state index is 10.3. The predicted molar refractivity (Wildman–Crippen MR) is 59.9 cm³/mol. The molecule has 4 nitrogen and oxygen atoms in total. The summed E-state index contributed by atoms with van der Waals surface area (Å²) < 4.78 is 15.3. The van der Waals surface area contributed by atoms with E-state index in [1.165, 1.54) is 0 Å². The van der Waals surface area contributed by atoms with Gasteiger partial charge >= 0.3 is 0 Å². The molecule has 0 radical (unpaired) electrons. The molecule has 0 N–H and O–H groups in total. The highest BCUT2D eigenvalue weighted by molar-refractivity contribution is 5.51. The Labute approximate surface area is 95.1 Å². The second kappa shape index (κ2) is 6.85. The Hall–Kier alpha value is -1.55. The molecule has 4 heteroatoms. The number of methoxy groups -OCH3 is 2. The molecule has 0 aliphatic rings. The minimum absolute atomic E-state index is 0.185. The fourth-order valence-corrected chi connectivity index (χ4v) is 1.33. The zero-order chi connectivity index (χ0) is 11.8. The van der Waals surface area contributed by atoms with E-state index in [-0.39, 0.29) is 6.79 Å². The lowest BCUT2D eigenvalue weighted by Gasteiger charge is -2.11. The van der Waals surface area contributed by atoms with Crippen molar-refractivity contribution >= 4 is 6.29 Å². The van der Waals surface area contributed by atoms with Crippen molar-refractivity contribution < 1.29 is 19.0 Å². The maximum Gasteiger partial charge on any atom is 0.188 e. The van der Waals surface area contributed by atoms with Gasteiger partial charge in [0.25, 0.3) is 0 Å². The first-order chi connectivity index (χ1) is 7.81. The first-order valence-electron chi connectivity index (χ1n) is 5.04. The van der Waals surface area contributed by atoms with Gasteiger partial charge in [-0.2, -0.15) is 0 Å². The van der Waals surface area contributed by atoms with Crippen LogP contribution in [-0.4, -0.2) is 27.3 Å². The van der Waals surface area contributed by atoms with Crippen LogP contribution in [0.3, 0.4) is 0 Å². The van der Waals surface area contributed by atoms with Gasteiger partial charge in [0.1, 0.15) is 6.29 Å². The number of ether oxygens (including phenoxy) is 3. The zero-order valence-electron chi connectivity index (χ0n) is 9.56. The average Bonchev–Trinajstić information content (AvgIpc) is 2.34. The Morgan fingerprint density at radius 3 is 2.69 bits per heavy atom. The summed E-state index contributed by atoms with van der Waals surface area (Å²) in [4.78, 5) is 10.3. The Balaban J connectivity index is 2.75. The summed E-state index contributed by atoms with van der Waals surface area (Å²) in [7, 11) is 3.14. The van der Waals surface area contributed by atoms with Crippen LogP contribution in [-0.2, 0) is 16.0 Å². The van der Waals surface area contributed by atoms with E-state index in [1.807, 2.05) is 18.2 Å². The molecule has 0 atom stereocenters. The summed E-state index contributed by atoms with van der Waals surface area (Å²) in [5.41, 5.74) is 1.05. The normalized spacial score (nSPS) is 9.88. The Morgan fingerprint density at radius 2 is 2.06 bits per heavy atom. The number of rotatable bonds is 7. The van der Waals surface area contributed by atoms with Gasteiger partial charge in [-0.05, 0) is 24.1 Å². The van der Waals surface area contributed by atoms with E-state index in [9.17, 15) is 4.79 Å². The van der Waals surface area contributed by atoms with Crippen molar-refractivity contribution in [2.45, 2.75) is 12.8 Å². The van der Waals surface area contributed by atoms with Gasteiger partial charge in [-0.25, -0.2) is 0 Å². The van der Waals surface area contributed by atoms with Crippen LogP contribution in [0.2, 0.25) is 0 Å². The molecule has 1 aromatic rings. The number of hydrogen-bond acceptors (Lipinski definition) is 4. The first-order valence-corrected chi connectivity index (χ1v) is 5.04. The molecule has 16 heavy (non-hydrogen) atoms. The van der Waals surface area contributed by atoms with Crippen molar-refractivity contribution in [2.24, 2.45) is 0 Å². The fourth-order valence-electron chi connectivity index (χ4n) is 1.33. The number of carbonyl (C=O) groups excluding carboxylic acids is 1. The summed E-state index contributed by atoms with van der Waals surface area (Å²) in [6.45, 7) is 0.185. The highest BCUT2D eigenvalue weighted by Crippen LogP contribution is 2.28. The van der Waals surface area contributed by atoms with E-state index in [2.05, 4.69) is 0 Å². The van der Waals surface area contributed by atoms with Gasteiger partial charge in [0, 0.05) is 13.5 Å². The minimum Gasteiger partial charge on any atom is -0.493 e. The van der Waals surface area contributed by atoms with Crippen LogP contribution in [0.25, 0.3) is 0 Å². The van der Waals surface area contributed by atoms with Crippen molar-refractivity contribution in [3.05, 3.63) is 23.8 Å². The quantitative estimate of drug-likeness (QED) is 0.523. The smallest absolute Gasteiger partial charge is 0.188 e. The molecule has 0 unspecified atom stereocenters. The van der Waals surface area contributed by atoms with Crippen LogP contribution in [0.5, 0.6) is 11.5 Å². The van der Waals surface area contributed by atoms with E-state index in [1.54, 1.807) is 14.2 Å². The van der Waals surface area contributed by atoms with Gasteiger partial charge < -0.3 is 19.0 Å². The lowest BCUT2D eigenvalue weighted by atomic mass is 10.1. The van der Waals surface area contributed by atoms with Crippen molar-refractivity contribution in [1.82, 2.24) is 0 Å². The Morgan fingerprint density at radius 1 is 1.25 bits per heavy atom. The highest BCUT2D eigenvalue weighted by atomic mass is 16.7. The average molecular weight is 224 g/mol. The first kappa shape index (κ1) is 12.5. The molecule has 1 aromatic carbocycles. The van der Waals surface area contributed by atoms with E-state index < -0.39 is 0 Å². The van der Waals surface area contributed by atoms with Gasteiger partial charge in [-0.1, -0.05) is 6.07 Å². The van der Waals surface area contributed by atoms with Crippen LogP contribution in [0.4, 0.5) is 0 Å². The number of benzene rings is 1. The molecule has 0 aliphatic heterocycles. The molecule has 0 fully saturated rings. The predicted octanol–water partition coefficient (Wildman–Crippen LogP) is 1.81. The van der Waals surface area contributed by atoms with Gasteiger partial charge in [-0.3, -0.25) is 0 Å². The molecular weight excluding hydrogens is 208 g/mol. The second-order valence-electron chi connectivity index (χ2n) is 3.24. The van der Waals surface area contributed by atoms with Gasteiger partial charge in [0.15, 0.2) is 18.3 Å².